The highest BCUT2D eigenvalue weighted by atomic mass is 19.1. The molecule has 0 spiro atoms. The highest BCUT2D eigenvalue weighted by molar-refractivity contribution is 5.91. The summed E-state index contributed by atoms with van der Waals surface area (Å²) in [6.07, 6.45) is 0. The second-order valence-electron chi connectivity index (χ2n) is 4.04. The number of esters is 1. The van der Waals surface area contributed by atoms with E-state index in [9.17, 15) is 9.18 Å². The van der Waals surface area contributed by atoms with Crippen molar-refractivity contribution in [2.24, 2.45) is 0 Å². The highest BCUT2D eigenvalue weighted by Gasteiger charge is 2.10. The third kappa shape index (κ3) is 2.40. The first-order valence-electron chi connectivity index (χ1n) is 5.56. The van der Waals surface area contributed by atoms with Gasteiger partial charge in [-0.25, -0.2) is 9.18 Å². The monoisotopic (exact) mass is 244 g/mol. The van der Waals surface area contributed by atoms with Crippen LogP contribution in [0.3, 0.4) is 0 Å². The molecule has 0 atom stereocenters. The molecule has 0 saturated heterocycles. The van der Waals surface area contributed by atoms with Crippen LogP contribution in [0.5, 0.6) is 0 Å². The zero-order valence-electron chi connectivity index (χ0n) is 10.2. The molecule has 0 aromatic heterocycles. The Hall–Kier alpha value is -2.16. The van der Waals surface area contributed by atoms with Crippen molar-refractivity contribution in [3.63, 3.8) is 0 Å². The SMILES string of the molecule is COC(=O)c1cc(F)cc(-c2ccccc2C)c1. The number of ether oxygens (including phenoxy) is 1. The summed E-state index contributed by atoms with van der Waals surface area (Å²) in [4.78, 5) is 11.4. The van der Waals surface area contributed by atoms with Crippen LogP contribution >= 0.6 is 0 Å². The highest BCUT2D eigenvalue weighted by Crippen LogP contribution is 2.25. The van der Waals surface area contributed by atoms with Gasteiger partial charge < -0.3 is 4.74 Å². The minimum absolute atomic E-state index is 0.218. The largest absolute Gasteiger partial charge is 0.465 e. The fourth-order valence-corrected chi connectivity index (χ4v) is 1.88. The fourth-order valence-electron chi connectivity index (χ4n) is 1.88. The van der Waals surface area contributed by atoms with E-state index < -0.39 is 11.8 Å². The molecule has 0 heterocycles. The second kappa shape index (κ2) is 5.00. The van der Waals surface area contributed by atoms with E-state index >= 15 is 0 Å². The lowest BCUT2D eigenvalue weighted by molar-refractivity contribution is 0.0600. The van der Waals surface area contributed by atoms with Crippen molar-refractivity contribution in [2.75, 3.05) is 7.11 Å². The number of carbonyl (C=O) groups excluding carboxylic acids is 1. The maximum absolute atomic E-state index is 13.5. The third-order valence-electron chi connectivity index (χ3n) is 2.77. The van der Waals surface area contributed by atoms with E-state index in [-0.39, 0.29) is 5.56 Å². The molecule has 2 rings (SSSR count). The summed E-state index contributed by atoms with van der Waals surface area (Å²) >= 11 is 0. The van der Waals surface area contributed by atoms with Crippen molar-refractivity contribution in [1.29, 1.82) is 0 Å². The molecule has 0 radical (unpaired) electrons. The van der Waals surface area contributed by atoms with Gasteiger partial charge in [0.2, 0.25) is 0 Å². The van der Waals surface area contributed by atoms with E-state index in [1.165, 1.54) is 19.2 Å². The Labute approximate surface area is 105 Å². The average molecular weight is 244 g/mol. The molecule has 3 heteroatoms. The van der Waals surface area contributed by atoms with E-state index in [1.807, 2.05) is 31.2 Å². The third-order valence-corrected chi connectivity index (χ3v) is 2.77. The van der Waals surface area contributed by atoms with Crippen molar-refractivity contribution in [3.05, 3.63) is 59.4 Å². The fraction of sp³-hybridized carbons (Fsp3) is 0.133. The number of rotatable bonds is 2. The second-order valence-corrected chi connectivity index (χ2v) is 4.04. The van der Waals surface area contributed by atoms with Crippen LogP contribution in [-0.4, -0.2) is 13.1 Å². The zero-order valence-corrected chi connectivity index (χ0v) is 10.2. The lowest BCUT2D eigenvalue weighted by Gasteiger charge is -2.08. The Bertz CT molecular complexity index is 591. The standard InChI is InChI=1S/C15H13FO2/c1-10-5-3-4-6-14(10)11-7-12(15(17)18-2)9-13(16)8-11/h3-9H,1-2H3. The van der Waals surface area contributed by atoms with Crippen molar-refractivity contribution >= 4 is 5.97 Å². The van der Waals surface area contributed by atoms with Gasteiger partial charge >= 0.3 is 5.97 Å². The minimum Gasteiger partial charge on any atom is -0.465 e. The van der Waals surface area contributed by atoms with Gasteiger partial charge in [0, 0.05) is 0 Å². The lowest BCUT2D eigenvalue weighted by atomic mass is 9.99. The van der Waals surface area contributed by atoms with Gasteiger partial charge in [-0.05, 0) is 41.8 Å². The lowest BCUT2D eigenvalue weighted by Crippen LogP contribution is -2.02. The van der Waals surface area contributed by atoms with Gasteiger partial charge in [-0.3, -0.25) is 0 Å². The topological polar surface area (TPSA) is 26.3 Å². The Kier molecular flexibility index (Phi) is 3.42. The number of hydrogen-bond donors (Lipinski definition) is 0. The van der Waals surface area contributed by atoms with Crippen LogP contribution in [0.2, 0.25) is 0 Å². The van der Waals surface area contributed by atoms with Crippen LogP contribution in [-0.2, 0) is 4.74 Å². The molecule has 2 aromatic carbocycles. The molecule has 0 saturated carbocycles. The maximum Gasteiger partial charge on any atom is 0.337 e. The van der Waals surface area contributed by atoms with E-state index in [0.717, 1.165) is 11.1 Å². The summed E-state index contributed by atoms with van der Waals surface area (Å²) in [5, 5.41) is 0. The van der Waals surface area contributed by atoms with E-state index in [4.69, 9.17) is 0 Å². The quantitative estimate of drug-likeness (QED) is 0.755. The Balaban J connectivity index is 2.55. The Morgan fingerprint density at radius 1 is 1.17 bits per heavy atom. The number of benzene rings is 2. The number of aryl methyl sites for hydroxylation is 1. The summed E-state index contributed by atoms with van der Waals surface area (Å²) < 4.78 is 18.1. The van der Waals surface area contributed by atoms with E-state index in [0.29, 0.717) is 5.56 Å². The first-order chi connectivity index (χ1) is 8.61. The molecule has 0 unspecified atom stereocenters. The molecule has 2 nitrogen and oxygen atoms in total. The summed E-state index contributed by atoms with van der Waals surface area (Å²) in [6.45, 7) is 1.94. The summed E-state index contributed by atoms with van der Waals surface area (Å²) in [6, 6.07) is 11.9. The molecule has 0 amide bonds. The van der Waals surface area contributed by atoms with Crippen molar-refractivity contribution < 1.29 is 13.9 Å². The molecule has 0 aliphatic rings. The molecule has 0 fully saturated rings. The predicted octanol–water partition coefficient (Wildman–Crippen LogP) is 3.59. The van der Waals surface area contributed by atoms with Crippen LogP contribution < -0.4 is 0 Å². The predicted molar refractivity (Wildman–Crippen MR) is 67.9 cm³/mol. The maximum atomic E-state index is 13.5. The molecule has 2 aromatic rings. The first-order valence-corrected chi connectivity index (χ1v) is 5.56. The molecule has 0 aliphatic heterocycles. The van der Waals surface area contributed by atoms with Gasteiger partial charge in [0.15, 0.2) is 0 Å². The molecule has 0 aliphatic carbocycles. The molecular formula is C15H13FO2. The Morgan fingerprint density at radius 2 is 1.89 bits per heavy atom. The van der Waals surface area contributed by atoms with Crippen LogP contribution in [0, 0.1) is 12.7 Å². The van der Waals surface area contributed by atoms with Gasteiger partial charge in [-0.15, -0.1) is 0 Å². The number of halogens is 1. The van der Waals surface area contributed by atoms with Gasteiger partial charge in [0.05, 0.1) is 12.7 Å². The van der Waals surface area contributed by atoms with Crippen LogP contribution in [0.4, 0.5) is 4.39 Å². The van der Waals surface area contributed by atoms with Crippen molar-refractivity contribution in [1.82, 2.24) is 0 Å². The molecule has 0 N–H and O–H groups in total. The van der Waals surface area contributed by atoms with E-state index in [2.05, 4.69) is 4.74 Å². The van der Waals surface area contributed by atoms with Gasteiger partial charge in [0.25, 0.3) is 0 Å². The van der Waals surface area contributed by atoms with Crippen LogP contribution in [0.15, 0.2) is 42.5 Å². The molecule has 0 bridgehead atoms. The van der Waals surface area contributed by atoms with Gasteiger partial charge in [-0.2, -0.15) is 0 Å². The first kappa shape index (κ1) is 12.3. The smallest absolute Gasteiger partial charge is 0.337 e. The number of carbonyl (C=O) groups is 1. The van der Waals surface area contributed by atoms with Crippen molar-refractivity contribution in [3.8, 4) is 11.1 Å². The van der Waals surface area contributed by atoms with Gasteiger partial charge in [-0.1, -0.05) is 24.3 Å². The number of methoxy groups -OCH3 is 1. The average Bonchev–Trinajstić information content (AvgIpc) is 2.37. The van der Waals surface area contributed by atoms with Crippen LogP contribution in [0.1, 0.15) is 15.9 Å². The number of hydrogen-bond acceptors (Lipinski definition) is 2. The van der Waals surface area contributed by atoms with Crippen LogP contribution in [0.25, 0.3) is 11.1 Å². The summed E-state index contributed by atoms with van der Waals surface area (Å²) in [5.74, 6) is -0.986. The van der Waals surface area contributed by atoms with Gasteiger partial charge in [0.1, 0.15) is 5.82 Å². The zero-order chi connectivity index (χ0) is 13.1. The molecular weight excluding hydrogens is 231 g/mol. The summed E-state index contributed by atoms with van der Waals surface area (Å²) in [7, 11) is 1.28. The van der Waals surface area contributed by atoms with E-state index in [1.54, 1.807) is 6.07 Å². The molecule has 18 heavy (non-hydrogen) atoms. The van der Waals surface area contributed by atoms with Crippen molar-refractivity contribution in [2.45, 2.75) is 6.92 Å². The summed E-state index contributed by atoms with van der Waals surface area (Å²) in [5.41, 5.74) is 2.82. The minimum atomic E-state index is -0.538. The molecule has 92 valence electrons. The normalized spacial score (nSPS) is 10.2. The Morgan fingerprint density at radius 3 is 2.56 bits per heavy atom.